The maximum absolute atomic E-state index is 13.5. The van der Waals surface area contributed by atoms with Gasteiger partial charge in [0.1, 0.15) is 0 Å². The van der Waals surface area contributed by atoms with Crippen LogP contribution >= 0.6 is 11.6 Å². The number of amides is 1. The zero-order valence-electron chi connectivity index (χ0n) is 18.8. The quantitative estimate of drug-likeness (QED) is 0.716. The molecule has 0 radical (unpaired) electrons. The van der Waals surface area contributed by atoms with Crippen molar-refractivity contribution in [3.05, 3.63) is 47.0 Å². The summed E-state index contributed by atoms with van der Waals surface area (Å²) >= 11 is 6.36. The Labute approximate surface area is 194 Å². The maximum atomic E-state index is 13.5. The smallest absolute Gasteiger partial charge is 0.227 e. The minimum atomic E-state index is -0.135. The number of carbonyl (C=O) groups is 1. The predicted molar refractivity (Wildman–Crippen MR) is 125 cm³/mol. The number of methoxy groups -OCH3 is 3. The lowest BCUT2D eigenvalue weighted by molar-refractivity contribution is -0.135. The summed E-state index contributed by atoms with van der Waals surface area (Å²) in [7, 11) is 4.80. The standard InChI is InChI=1S/C24H30ClN3O4/c1-30-21-12-16(13-22(31-2)23(21)32-3)17-14-26-15-18(17)24(29)28-10-8-27(9-11-28)20-7-5-4-6-19(20)25/h4-7,12-13,17-18,26H,8-11,14-15H2,1-3H3. The molecule has 2 heterocycles. The molecule has 2 aliphatic heterocycles. The highest BCUT2D eigenvalue weighted by Gasteiger charge is 2.38. The van der Waals surface area contributed by atoms with Crippen molar-refractivity contribution in [1.82, 2.24) is 10.2 Å². The van der Waals surface area contributed by atoms with Gasteiger partial charge in [0.15, 0.2) is 11.5 Å². The second kappa shape index (κ2) is 9.88. The molecule has 172 valence electrons. The van der Waals surface area contributed by atoms with Crippen LogP contribution in [0, 0.1) is 5.92 Å². The first-order chi connectivity index (χ1) is 15.6. The summed E-state index contributed by atoms with van der Waals surface area (Å²) in [5.41, 5.74) is 2.04. The van der Waals surface area contributed by atoms with Gasteiger partial charge in [-0.25, -0.2) is 0 Å². The molecule has 7 nitrogen and oxygen atoms in total. The molecule has 4 rings (SSSR count). The Morgan fingerprint density at radius 1 is 0.969 bits per heavy atom. The zero-order valence-corrected chi connectivity index (χ0v) is 19.5. The summed E-state index contributed by atoms with van der Waals surface area (Å²) < 4.78 is 16.5. The molecule has 2 aromatic rings. The molecule has 2 unspecified atom stereocenters. The lowest BCUT2D eigenvalue weighted by Gasteiger charge is -2.38. The highest BCUT2D eigenvalue weighted by Crippen LogP contribution is 2.42. The Kier molecular flexibility index (Phi) is 6.96. The van der Waals surface area contributed by atoms with Gasteiger partial charge < -0.3 is 29.3 Å². The van der Waals surface area contributed by atoms with Gasteiger partial charge in [0.25, 0.3) is 0 Å². The van der Waals surface area contributed by atoms with Crippen LogP contribution in [0.15, 0.2) is 36.4 Å². The molecule has 1 amide bonds. The lowest BCUT2D eigenvalue weighted by atomic mass is 9.87. The van der Waals surface area contributed by atoms with Crippen molar-refractivity contribution in [3.8, 4) is 17.2 Å². The number of para-hydroxylation sites is 1. The van der Waals surface area contributed by atoms with E-state index < -0.39 is 0 Å². The van der Waals surface area contributed by atoms with Crippen molar-refractivity contribution < 1.29 is 19.0 Å². The molecule has 2 aliphatic rings. The van der Waals surface area contributed by atoms with Gasteiger partial charge in [0.05, 0.1) is 38.0 Å². The van der Waals surface area contributed by atoms with Crippen LogP contribution in [0.2, 0.25) is 5.02 Å². The molecule has 2 aromatic carbocycles. The molecule has 0 aromatic heterocycles. The van der Waals surface area contributed by atoms with E-state index in [2.05, 4.69) is 10.2 Å². The molecular weight excluding hydrogens is 430 g/mol. The normalized spacial score (nSPS) is 20.9. The summed E-state index contributed by atoms with van der Waals surface area (Å²) in [6.07, 6.45) is 0. The highest BCUT2D eigenvalue weighted by atomic mass is 35.5. The molecule has 8 heteroatoms. The summed E-state index contributed by atoms with van der Waals surface area (Å²) in [6.45, 7) is 4.29. The number of ether oxygens (including phenoxy) is 3. The van der Waals surface area contributed by atoms with Crippen LogP contribution < -0.4 is 24.4 Å². The van der Waals surface area contributed by atoms with Gasteiger partial charge in [-0.2, -0.15) is 0 Å². The molecule has 2 saturated heterocycles. The Balaban J connectivity index is 1.48. The summed E-state index contributed by atoms with van der Waals surface area (Å²) in [6, 6.07) is 11.8. The number of hydrogen-bond acceptors (Lipinski definition) is 6. The van der Waals surface area contributed by atoms with E-state index in [0.29, 0.717) is 36.9 Å². The van der Waals surface area contributed by atoms with Crippen LogP contribution in [0.25, 0.3) is 0 Å². The Morgan fingerprint density at radius 3 is 2.22 bits per heavy atom. The fourth-order valence-electron chi connectivity index (χ4n) is 4.71. The molecular formula is C24H30ClN3O4. The number of nitrogens with one attached hydrogen (secondary N) is 1. The van der Waals surface area contributed by atoms with Crippen LogP contribution in [-0.2, 0) is 4.79 Å². The van der Waals surface area contributed by atoms with E-state index in [0.717, 1.165) is 35.9 Å². The first-order valence-corrected chi connectivity index (χ1v) is 11.2. The van der Waals surface area contributed by atoms with Crippen LogP contribution in [0.3, 0.4) is 0 Å². The third-order valence-electron chi connectivity index (χ3n) is 6.43. The Bertz CT molecular complexity index is 937. The van der Waals surface area contributed by atoms with Gasteiger partial charge in [-0.05, 0) is 29.8 Å². The molecule has 2 fully saturated rings. The highest BCUT2D eigenvalue weighted by molar-refractivity contribution is 6.33. The van der Waals surface area contributed by atoms with Crippen molar-refractivity contribution in [2.75, 3.05) is 65.5 Å². The topological polar surface area (TPSA) is 63.3 Å². The van der Waals surface area contributed by atoms with Gasteiger partial charge in [-0.1, -0.05) is 23.7 Å². The molecule has 32 heavy (non-hydrogen) atoms. The first kappa shape index (κ1) is 22.6. The third-order valence-corrected chi connectivity index (χ3v) is 6.75. The second-order valence-corrected chi connectivity index (χ2v) is 8.50. The molecule has 0 spiro atoms. The largest absolute Gasteiger partial charge is 0.493 e. The van der Waals surface area contributed by atoms with E-state index in [-0.39, 0.29) is 17.7 Å². The number of anilines is 1. The minimum absolute atomic E-state index is 0.0396. The van der Waals surface area contributed by atoms with E-state index in [1.165, 1.54) is 0 Å². The van der Waals surface area contributed by atoms with E-state index >= 15 is 0 Å². The number of piperazine rings is 1. The van der Waals surface area contributed by atoms with Crippen molar-refractivity contribution in [2.24, 2.45) is 5.92 Å². The van der Waals surface area contributed by atoms with Gasteiger partial charge in [0.2, 0.25) is 11.7 Å². The Hall–Kier alpha value is -2.64. The van der Waals surface area contributed by atoms with Crippen molar-refractivity contribution in [3.63, 3.8) is 0 Å². The number of benzene rings is 2. The summed E-state index contributed by atoms with van der Waals surface area (Å²) in [5.74, 6) is 1.86. The average Bonchev–Trinajstić information content (AvgIpc) is 3.33. The fourth-order valence-corrected chi connectivity index (χ4v) is 4.97. The van der Waals surface area contributed by atoms with E-state index in [4.69, 9.17) is 25.8 Å². The van der Waals surface area contributed by atoms with Crippen molar-refractivity contribution >= 4 is 23.2 Å². The number of nitrogens with zero attached hydrogens (tertiary/aromatic N) is 2. The number of hydrogen-bond donors (Lipinski definition) is 1. The molecule has 0 aliphatic carbocycles. The molecule has 0 saturated carbocycles. The maximum Gasteiger partial charge on any atom is 0.227 e. The Morgan fingerprint density at radius 2 is 1.62 bits per heavy atom. The predicted octanol–water partition coefficient (Wildman–Crippen LogP) is 3.02. The van der Waals surface area contributed by atoms with E-state index in [9.17, 15) is 4.79 Å². The first-order valence-electron chi connectivity index (χ1n) is 10.9. The van der Waals surface area contributed by atoms with E-state index in [1.807, 2.05) is 41.3 Å². The number of rotatable bonds is 6. The van der Waals surface area contributed by atoms with Crippen LogP contribution in [0.4, 0.5) is 5.69 Å². The minimum Gasteiger partial charge on any atom is -0.493 e. The monoisotopic (exact) mass is 459 g/mol. The van der Waals surface area contributed by atoms with Gasteiger partial charge in [0, 0.05) is 45.2 Å². The van der Waals surface area contributed by atoms with Crippen molar-refractivity contribution in [1.29, 1.82) is 0 Å². The van der Waals surface area contributed by atoms with Gasteiger partial charge in [-0.15, -0.1) is 0 Å². The molecule has 0 bridgehead atoms. The fraction of sp³-hybridized carbons (Fsp3) is 0.458. The summed E-state index contributed by atoms with van der Waals surface area (Å²) in [4.78, 5) is 17.7. The second-order valence-electron chi connectivity index (χ2n) is 8.09. The number of halogens is 1. The van der Waals surface area contributed by atoms with Crippen LogP contribution in [0.1, 0.15) is 11.5 Å². The van der Waals surface area contributed by atoms with Crippen LogP contribution in [0.5, 0.6) is 17.2 Å². The summed E-state index contributed by atoms with van der Waals surface area (Å²) in [5, 5.41) is 4.14. The van der Waals surface area contributed by atoms with Crippen molar-refractivity contribution in [2.45, 2.75) is 5.92 Å². The zero-order chi connectivity index (χ0) is 22.7. The number of carbonyl (C=O) groups excluding carboxylic acids is 1. The van der Waals surface area contributed by atoms with Gasteiger partial charge >= 0.3 is 0 Å². The average molecular weight is 460 g/mol. The van der Waals surface area contributed by atoms with Gasteiger partial charge in [-0.3, -0.25) is 4.79 Å². The SMILES string of the molecule is COc1cc(C2CNCC2C(=O)N2CCN(c3ccccc3Cl)CC2)cc(OC)c1OC. The van der Waals surface area contributed by atoms with E-state index in [1.54, 1.807) is 21.3 Å². The lowest BCUT2D eigenvalue weighted by Crippen LogP contribution is -2.51. The molecule has 1 N–H and O–H groups in total. The molecule has 2 atom stereocenters. The third kappa shape index (κ3) is 4.32. The van der Waals surface area contributed by atoms with Crippen LogP contribution in [-0.4, -0.2) is 71.4 Å².